The van der Waals surface area contributed by atoms with Crippen LogP contribution in [0.3, 0.4) is 0 Å². The van der Waals surface area contributed by atoms with Gasteiger partial charge in [0.05, 0.1) is 15.7 Å². The number of phenols is 1. The van der Waals surface area contributed by atoms with Gasteiger partial charge >= 0.3 is 0 Å². The lowest BCUT2D eigenvalue weighted by molar-refractivity contribution is -0.123. The maximum Gasteiger partial charge on any atom is 0.277 e. The fourth-order valence-corrected chi connectivity index (χ4v) is 2.87. The Bertz CT molecular complexity index is 797. The minimum atomic E-state index is -0.452. The van der Waals surface area contributed by atoms with Gasteiger partial charge in [0, 0.05) is 10.6 Å². The fraction of sp³-hybridized carbons (Fsp3) is 0.125. The number of rotatable bonds is 5. The Morgan fingerprint density at radius 2 is 2.12 bits per heavy atom. The van der Waals surface area contributed by atoms with Gasteiger partial charge in [-0.05, 0) is 52.7 Å². The van der Waals surface area contributed by atoms with Crippen molar-refractivity contribution >= 4 is 51.3 Å². The first-order valence-electron chi connectivity index (χ1n) is 6.75. The molecule has 0 aromatic heterocycles. The van der Waals surface area contributed by atoms with Gasteiger partial charge in [-0.3, -0.25) is 4.79 Å². The van der Waals surface area contributed by atoms with Crippen molar-refractivity contribution in [2.45, 2.75) is 6.92 Å². The second kappa shape index (κ2) is 8.37. The summed E-state index contributed by atoms with van der Waals surface area (Å²) in [4.78, 5) is 11.7. The third kappa shape index (κ3) is 5.12. The van der Waals surface area contributed by atoms with E-state index in [-0.39, 0.29) is 22.9 Å². The third-order valence-electron chi connectivity index (χ3n) is 2.90. The van der Waals surface area contributed by atoms with E-state index in [1.165, 1.54) is 18.3 Å². The van der Waals surface area contributed by atoms with Crippen LogP contribution < -0.4 is 10.2 Å². The molecule has 126 valence electrons. The highest BCUT2D eigenvalue weighted by molar-refractivity contribution is 9.10. The van der Waals surface area contributed by atoms with Gasteiger partial charge < -0.3 is 9.84 Å². The molecule has 0 aliphatic carbocycles. The normalized spacial score (nSPS) is 10.8. The van der Waals surface area contributed by atoms with Crippen LogP contribution in [-0.2, 0) is 4.79 Å². The van der Waals surface area contributed by atoms with Crippen LogP contribution in [0.4, 0.5) is 0 Å². The summed E-state index contributed by atoms with van der Waals surface area (Å²) in [5.74, 6) is -0.0655. The monoisotopic (exact) mass is 430 g/mol. The molecule has 2 aromatic rings. The van der Waals surface area contributed by atoms with Crippen LogP contribution in [0.5, 0.6) is 11.5 Å². The molecule has 8 heteroatoms. The predicted octanol–water partition coefficient (Wildman–Crippen LogP) is 4.30. The predicted molar refractivity (Wildman–Crippen MR) is 98.2 cm³/mol. The highest BCUT2D eigenvalue weighted by Gasteiger charge is 2.07. The molecule has 2 N–H and O–H groups in total. The van der Waals surface area contributed by atoms with Crippen molar-refractivity contribution in [2.24, 2.45) is 5.10 Å². The van der Waals surface area contributed by atoms with Gasteiger partial charge in [0.2, 0.25) is 0 Å². The van der Waals surface area contributed by atoms with E-state index in [0.29, 0.717) is 10.8 Å². The molecule has 0 unspecified atom stereocenters. The van der Waals surface area contributed by atoms with Gasteiger partial charge in [0.25, 0.3) is 5.91 Å². The maximum absolute atomic E-state index is 11.7. The number of amides is 1. The van der Waals surface area contributed by atoms with Crippen LogP contribution >= 0.6 is 39.1 Å². The fourth-order valence-electron chi connectivity index (χ4n) is 1.76. The summed E-state index contributed by atoms with van der Waals surface area (Å²) in [7, 11) is 0. The molecule has 2 rings (SSSR count). The van der Waals surface area contributed by atoms with E-state index in [1.807, 2.05) is 19.1 Å². The molecule has 5 nitrogen and oxygen atoms in total. The van der Waals surface area contributed by atoms with E-state index >= 15 is 0 Å². The molecule has 0 radical (unpaired) electrons. The molecular weight excluding hydrogens is 419 g/mol. The quantitative estimate of drug-likeness (QED) is 0.547. The first-order valence-corrected chi connectivity index (χ1v) is 8.30. The van der Waals surface area contributed by atoms with Gasteiger partial charge in [0.15, 0.2) is 6.61 Å². The number of carbonyl (C=O) groups is 1. The zero-order valence-corrected chi connectivity index (χ0v) is 15.6. The number of halogens is 3. The lowest BCUT2D eigenvalue weighted by atomic mass is 10.2. The summed E-state index contributed by atoms with van der Waals surface area (Å²) in [6.07, 6.45) is 1.24. The van der Waals surface area contributed by atoms with Gasteiger partial charge in [-0.25, -0.2) is 5.43 Å². The number of benzene rings is 2. The number of hydrogen-bond donors (Lipinski definition) is 2. The highest BCUT2D eigenvalue weighted by atomic mass is 79.9. The van der Waals surface area contributed by atoms with E-state index in [9.17, 15) is 9.90 Å². The van der Waals surface area contributed by atoms with Crippen molar-refractivity contribution in [3.05, 3.63) is 56.0 Å². The Morgan fingerprint density at radius 3 is 2.83 bits per heavy atom. The minimum absolute atomic E-state index is 0.0998. The van der Waals surface area contributed by atoms with Gasteiger partial charge in [-0.1, -0.05) is 29.3 Å². The Morgan fingerprint density at radius 1 is 1.38 bits per heavy atom. The average molecular weight is 432 g/mol. The second-order valence-electron chi connectivity index (χ2n) is 4.84. The van der Waals surface area contributed by atoms with Crippen molar-refractivity contribution in [3.8, 4) is 11.5 Å². The van der Waals surface area contributed by atoms with Crippen molar-refractivity contribution in [3.63, 3.8) is 0 Å². The Hall–Kier alpha value is -1.76. The number of aryl methyl sites for hydroxylation is 1. The molecule has 2 aromatic carbocycles. The molecule has 0 bridgehead atoms. The van der Waals surface area contributed by atoms with E-state index in [2.05, 4.69) is 26.5 Å². The molecule has 0 atom stereocenters. The first kappa shape index (κ1) is 18.6. The first-order chi connectivity index (χ1) is 11.4. The molecule has 0 aliphatic rings. The number of hydrogen-bond acceptors (Lipinski definition) is 4. The minimum Gasteiger partial charge on any atom is -0.506 e. The van der Waals surface area contributed by atoms with Crippen LogP contribution in [0.15, 0.2) is 39.9 Å². The van der Waals surface area contributed by atoms with Crippen molar-refractivity contribution in [1.82, 2.24) is 5.43 Å². The van der Waals surface area contributed by atoms with E-state index in [0.717, 1.165) is 10.0 Å². The largest absolute Gasteiger partial charge is 0.506 e. The Kier molecular flexibility index (Phi) is 6.48. The topological polar surface area (TPSA) is 70.9 Å². The van der Waals surface area contributed by atoms with Crippen molar-refractivity contribution < 1.29 is 14.6 Å². The summed E-state index contributed by atoms with van der Waals surface area (Å²) >= 11 is 15.0. The van der Waals surface area contributed by atoms with E-state index in [1.54, 1.807) is 6.07 Å². The van der Waals surface area contributed by atoms with Crippen molar-refractivity contribution in [2.75, 3.05) is 6.61 Å². The molecule has 0 spiro atoms. The second-order valence-corrected chi connectivity index (χ2v) is 6.54. The standard InChI is InChI=1S/C16H13BrCl2N2O3/c1-9-2-3-14(12(17)4-9)24-8-15(22)21-20-7-10-5-11(18)6-13(19)16(10)23/h2-7,23H,8H2,1H3,(H,21,22)/b20-7+. The Labute approximate surface area is 157 Å². The smallest absolute Gasteiger partial charge is 0.277 e. The number of nitrogens with zero attached hydrogens (tertiary/aromatic N) is 1. The lowest BCUT2D eigenvalue weighted by Crippen LogP contribution is -2.24. The summed E-state index contributed by atoms with van der Waals surface area (Å²) in [5, 5.41) is 14.0. The molecular formula is C16H13BrCl2N2O3. The maximum atomic E-state index is 11.7. The number of phenolic OH excluding ortho intramolecular Hbond substituents is 1. The molecule has 0 saturated heterocycles. The summed E-state index contributed by atoms with van der Waals surface area (Å²) in [6, 6.07) is 8.40. The van der Waals surface area contributed by atoms with Crippen LogP contribution in [0.25, 0.3) is 0 Å². The number of ether oxygens (including phenoxy) is 1. The number of aromatic hydroxyl groups is 1. The highest BCUT2D eigenvalue weighted by Crippen LogP contribution is 2.30. The van der Waals surface area contributed by atoms with Gasteiger partial charge in [0.1, 0.15) is 11.5 Å². The van der Waals surface area contributed by atoms with Gasteiger partial charge in [-0.15, -0.1) is 0 Å². The average Bonchev–Trinajstić information content (AvgIpc) is 2.51. The van der Waals surface area contributed by atoms with Crippen LogP contribution in [0.1, 0.15) is 11.1 Å². The van der Waals surface area contributed by atoms with E-state index in [4.69, 9.17) is 27.9 Å². The molecule has 0 saturated carbocycles. The van der Waals surface area contributed by atoms with Crippen LogP contribution in [-0.4, -0.2) is 23.8 Å². The summed E-state index contributed by atoms with van der Waals surface area (Å²) in [6.45, 7) is 1.74. The zero-order valence-electron chi connectivity index (χ0n) is 12.5. The molecule has 1 amide bonds. The summed E-state index contributed by atoms with van der Waals surface area (Å²) in [5.41, 5.74) is 3.65. The van der Waals surface area contributed by atoms with Crippen molar-refractivity contribution in [1.29, 1.82) is 0 Å². The number of hydrazone groups is 1. The lowest BCUT2D eigenvalue weighted by Gasteiger charge is -2.07. The molecule has 0 aliphatic heterocycles. The van der Waals surface area contributed by atoms with Crippen LogP contribution in [0, 0.1) is 6.92 Å². The number of nitrogens with one attached hydrogen (secondary N) is 1. The van der Waals surface area contributed by atoms with Gasteiger partial charge in [-0.2, -0.15) is 5.10 Å². The number of carbonyl (C=O) groups excluding carboxylic acids is 1. The zero-order chi connectivity index (χ0) is 17.7. The van der Waals surface area contributed by atoms with Crippen LogP contribution in [0.2, 0.25) is 10.0 Å². The van der Waals surface area contributed by atoms with E-state index < -0.39 is 5.91 Å². The summed E-state index contributed by atoms with van der Waals surface area (Å²) < 4.78 is 6.16. The molecule has 0 fully saturated rings. The SMILES string of the molecule is Cc1ccc(OCC(=O)N/N=C/c2cc(Cl)cc(Cl)c2O)c(Br)c1. The third-order valence-corrected chi connectivity index (χ3v) is 4.02. The molecule has 24 heavy (non-hydrogen) atoms. The Balaban J connectivity index is 1.91. The molecule has 0 heterocycles.